The Morgan fingerprint density at radius 1 is 1.07 bits per heavy atom. The first-order chi connectivity index (χ1) is 6.12. The molecule has 0 fully saturated rings. The molecule has 14 heavy (non-hydrogen) atoms. The predicted molar refractivity (Wildman–Crippen MR) is 60.7 cm³/mol. The normalized spacial score (nSPS) is 13.4. The minimum atomic E-state index is 0.0770. The van der Waals surface area contributed by atoms with Crippen molar-refractivity contribution in [1.29, 1.82) is 0 Å². The fourth-order valence-electron chi connectivity index (χ4n) is 1.52. The van der Waals surface area contributed by atoms with E-state index in [-0.39, 0.29) is 11.0 Å². The van der Waals surface area contributed by atoms with E-state index in [4.69, 9.17) is 0 Å². The van der Waals surface area contributed by atoms with E-state index in [0.29, 0.717) is 0 Å². The highest BCUT2D eigenvalue weighted by Crippen LogP contribution is 2.24. The van der Waals surface area contributed by atoms with Crippen LogP contribution in [-0.2, 0) is 11.0 Å². The molecule has 0 aliphatic rings. The summed E-state index contributed by atoms with van der Waals surface area (Å²) in [4.78, 5) is 0. The number of hydrogen-bond donors (Lipinski definition) is 0. The maximum atomic E-state index is 4.67. The molecule has 0 saturated carbocycles. The number of nitrogens with zero attached hydrogens (tertiary/aromatic N) is 2. The van der Waals surface area contributed by atoms with Gasteiger partial charge in [-0.05, 0) is 33.8 Å². The van der Waals surface area contributed by atoms with Crippen LogP contribution in [0.2, 0.25) is 0 Å². The van der Waals surface area contributed by atoms with E-state index in [2.05, 4.69) is 64.3 Å². The fourth-order valence-corrected chi connectivity index (χ4v) is 1.52. The first kappa shape index (κ1) is 11.3. The molecule has 1 aromatic heterocycles. The molecule has 2 nitrogen and oxygen atoms in total. The smallest absolute Gasteiger partial charge is 0.0681 e. The number of hydrogen-bond acceptors (Lipinski definition) is 1. The van der Waals surface area contributed by atoms with E-state index in [1.807, 2.05) is 0 Å². The van der Waals surface area contributed by atoms with Gasteiger partial charge in [-0.25, -0.2) is 0 Å². The molecule has 0 bridgehead atoms. The largest absolute Gasteiger partial charge is 0.264 e. The van der Waals surface area contributed by atoms with Crippen LogP contribution in [0.3, 0.4) is 0 Å². The molecule has 1 rings (SSSR count). The molecule has 1 aromatic rings. The van der Waals surface area contributed by atoms with Crippen LogP contribution in [0.1, 0.15) is 52.9 Å². The van der Waals surface area contributed by atoms with Gasteiger partial charge < -0.3 is 0 Å². The highest BCUT2D eigenvalue weighted by Gasteiger charge is 2.22. The number of aromatic nitrogens is 2. The van der Waals surface area contributed by atoms with Gasteiger partial charge in [0.15, 0.2) is 0 Å². The molecule has 0 aliphatic heterocycles. The summed E-state index contributed by atoms with van der Waals surface area (Å²) in [6.45, 7) is 15.2. The lowest BCUT2D eigenvalue weighted by Crippen LogP contribution is -2.25. The summed E-state index contributed by atoms with van der Waals surface area (Å²) in [5.74, 6) is 0. The zero-order valence-electron chi connectivity index (χ0n) is 10.5. The second-order valence-electron chi connectivity index (χ2n) is 6.00. The van der Waals surface area contributed by atoms with Gasteiger partial charge in [0.1, 0.15) is 0 Å². The van der Waals surface area contributed by atoms with Gasteiger partial charge >= 0.3 is 0 Å². The van der Waals surface area contributed by atoms with Gasteiger partial charge in [0.2, 0.25) is 0 Å². The lowest BCUT2D eigenvalue weighted by atomic mass is 9.92. The summed E-state index contributed by atoms with van der Waals surface area (Å²) >= 11 is 0. The van der Waals surface area contributed by atoms with Crippen molar-refractivity contribution >= 4 is 0 Å². The SMILES string of the molecule is Cc1cc(C(C)(C)C)nn1C(C)(C)C. The summed E-state index contributed by atoms with van der Waals surface area (Å²) in [5.41, 5.74) is 2.63. The maximum absolute atomic E-state index is 4.67. The Kier molecular flexibility index (Phi) is 2.51. The third-order valence-corrected chi connectivity index (χ3v) is 2.29. The Hall–Kier alpha value is -0.790. The van der Waals surface area contributed by atoms with Crippen LogP contribution in [0.25, 0.3) is 0 Å². The number of aryl methyl sites for hydroxylation is 1. The second-order valence-corrected chi connectivity index (χ2v) is 6.00. The van der Waals surface area contributed by atoms with Gasteiger partial charge in [-0.2, -0.15) is 5.10 Å². The number of rotatable bonds is 0. The van der Waals surface area contributed by atoms with E-state index in [0.717, 1.165) is 0 Å². The molecule has 0 aliphatic carbocycles. The van der Waals surface area contributed by atoms with Crippen LogP contribution in [0.4, 0.5) is 0 Å². The summed E-state index contributed by atoms with van der Waals surface area (Å²) in [6.07, 6.45) is 0. The Morgan fingerprint density at radius 3 is 1.79 bits per heavy atom. The van der Waals surface area contributed by atoms with Crippen molar-refractivity contribution in [2.24, 2.45) is 0 Å². The molecule has 0 radical (unpaired) electrons. The van der Waals surface area contributed by atoms with Crippen molar-refractivity contribution in [2.45, 2.75) is 59.4 Å². The Labute approximate surface area is 87.3 Å². The first-order valence-electron chi connectivity index (χ1n) is 5.20. The molecule has 80 valence electrons. The van der Waals surface area contributed by atoms with Gasteiger partial charge in [-0.3, -0.25) is 4.68 Å². The van der Waals surface area contributed by atoms with Crippen molar-refractivity contribution in [3.05, 3.63) is 17.5 Å². The molecule has 0 aromatic carbocycles. The standard InChI is InChI=1S/C12H22N2/c1-9-8-10(11(2,3)4)13-14(9)12(5,6)7/h8H,1-7H3. The molecule has 0 spiro atoms. The summed E-state index contributed by atoms with van der Waals surface area (Å²) in [5, 5.41) is 4.67. The minimum Gasteiger partial charge on any atom is -0.264 e. The summed E-state index contributed by atoms with van der Waals surface area (Å²) in [6, 6.07) is 2.19. The Morgan fingerprint density at radius 2 is 1.57 bits per heavy atom. The topological polar surface area (TPSA) is 17.8 Å². The van der Waals surface area contributed by atoms with Crippen molar-refractivity contribution in [2.75, 3.05) is 0 Å². The predicted octanol–water partition coefficient (Wildman–Crippen LogP) is 3.24. The highest BCUT2D eigenvalue weighted by molar-refractivity contribution is 5.17. The molecule has 0 saturated heterocycles. The van der Waals surface area contributed by atoms with Gasteiger partial charge in [0, 0.05) is 11.1 Å². The van der Waals surface area contributed by atoms with E-state index < -0.39 is 0 Å². The van der Waals surface area contributed by atoms with E-state index in [9.17, 15) is 0 Å². The van der Waals surface area contributed by atoms with Crippen molar-refractivity contribution in [1.82, 2.24) is 9.78 Å². The first-order valence-corrected chi connectivity index (χ1v) is 5.20. The molecular formula is C12H22N2. The molecule has 0 N–H and O–H groups in total. The van der Waals surface area contributed by atoms with Crippen LogP contribution in [-0.4, -0.2) is 9.78 Å². The van der Waals surface area contributed by atoms with E-state index >= 15 is 0 Å². The molecule has 2 heteroatoms. The molecule has 0 unspecified atom stereocenters. The quantitative estimate of drug-likeness (QED) is 0.620. The molecule has 1 heterocycles. The zero-order chi connectivity index (χ0) is 11.1. The monoisotopic (exact) mass is 194 g/mol. The summed E-state index contributed by atoms with van der Waals surface area (Å²) in [7, 11) is 0. The fraction of sp³-hybridized carbons (Fsp3) is 0.750. The third-order valence-electron chi connectivity index (χ3n) is 2.29. The van der Waals surface area contributed by atoms with Crippen LogP contribution >= 0.6 is 0 Å². The lowest BCUT2D eigenvalue weighted by Gasteiger charge is -2.22. The van der Waals surface area contributed by atoms with Crippen LogP contribution in [0.15, 0.2) is 6.07 Å². The lowest BCUT2D eigenvalue weighted by molar-refractivity contribution is 0.341. The maximum Gasteiger partial charge on any atom is 0.0681 e. The van der Waals surface area contributed by atoms with E-state index in [1.54, 1.807) is 0 Å². The van der Waals surface area contributed by atoms with Crippen LogP contribution in [0, 0.1) is 6.92 Å². The van der Waals surface area contributed by atoms with Gasteiger partial charge in [0.05, 0.1) is 11.2 Å². The van der Waals surface area contributed by atoms with Crippen molar-refractivity contribution < 1.29 is 0 Å². The Bertz CT molecular complexity index is 321. The molecule has 0 amide bonds. The van der Waals surface area contributed by atoms with Crippen LogP contribution < -0.4 is 0 Å². The van der Waals surface area contributed by atoms with Gasteiger partial charge in [-0.15, -0.1) is 0 Å². The van der Waals surface area contributed by atoms with E-state index in [1.165, 1.54) is 11.4 Å². The Balaban J connectivity index is 3.19. The van der Waals surface area contributed by atoms with Crippen LogP contribution in [0.5, 0.6) is 0 Å². The van der Waals surface area contributed by atoms with Gasteiger partial charge in [0.25, 0.3) is 0 Å². The van der Waals surface area contributed by atoms with Gasteiger partial charge in [-0.1, -0.05) is 20.8 Å². The van der Waals surface area contributed by atoms with Crippen molar-refractivity contribution in [3.63, 3.8) is 0 Å². The summed E-state index contributed by atoms with van der Waals surface area (Å²) < 4.78 is 2.10. The third kappa shape index (κ3) is 2.17. The highest BCUT2D eigenvalue weighted by atomic mass is 15.3. The molecule has 0 atom stereocenters. The van der Waals surface area contributed by atoms with Crippen molar-refractivity contribution in [3.8, 4) is 0 Å². The second kappa shape index (κ2) is 3.11. The average Bonchev–Trinajstić information content (AvgIpc) is 2.27. The minimum absolute atomic E-state index is 0.0770. The zero-order valence-corrected chi connectivity index (χ0v) is 10.5. The average molecular weight is 194 g/mol. The molecular weight excluding hydrogens is 172 g/mol.